The van der Waals surface area contributed by atoms with Crippen LogP contribution in [0.4, 0.5) is 0 Å². The van der Waals surface area contributed by atoms with Crippen molar-refractivity contribution in [3.63, 3.8) is 0 Å². The number of carboxylic acid groups (broad SMARTS) is 1. The Morgan fingerprint density at radius 1 is 1.24 bits per heavy atom. The average molecular weight is 293 g/mol. The van der Waals surface area contributed by atoms with Crippen molar-refractivity contribution in [2.45, 2.75) is 40.2 Å². The van der Waals surface area contributed by atoms with Crippen molar-refractivity contribution < 1.29 is 19.4 Å². The second-order valence-corrected chi connectivity index (χ2v) is 5.96. The molecule has 5 heteroatoms. The van der Waals surface area contributed by atoms with Crippen molar-refractivity contribution in [2.75, 3.05) is 6.61 Å². The van der Waals surface area contributed by atoms with Gasteiger partial charge >= 0.3 is 5.97 Å². The Hall–Kier alpha value is -2.04. The molecule has 0 fully saturated rings. The maximum Gasteiger partial charge on any atom is 0.326 e. The van der Waals surface area contributed by atoms with E-state index in [1.54, 1.807) is 45.0 Å². The zero-order valence-corrected chi connectivity index (χ0v) is 13.0. The van der Waals surface area contributed by atoms with Gasteiger partial charge in [-0.2, -0.15) is 0 Å². The van der Waals surface area contributed by atoms with Gasteiger partial charge in [-0.1, -0.05) is 32.9 Å². The van der Waals surface area contributed by atoms with Crippen LogP contribution in [0.25, 0.3) is 0 Å². The van der Waals surface area contributed by atoms with E-state index in [-0.39, 0.29) is 12.3 Å². The molecule has 5 nitrogen and oxygen atoms in total. The van der Waals surface area contributed by atoms with Crippen molar-refractivity contribution in [3.8, 4) is 5.75 Å². The Morgan fingerprint density at radius 2 is 1.81 bits per heavy atom. The molecule has 0 aliphatic heterocycles. The lowest BCUT2D eigenvalue weighted by molar-refractivity contribution is -0.144. The van der Waals surface area contributed by atoms with E-state index >= 15 is 0 Å². The summed E-state index contributed by atoms with van der Waals surface area (Å²) in [7, 11) is 0. The van der Waals surface area contributed by atoms with Gasteiger partial charge in [0.15, 0.2) is 0 Å². The molecular weight excluding hydrogens is 270 g/mol. The van der Waals surface area contributed by atoms with Crippen molar-refractivity contribution in [1.29, 1.82) is 0 Å². The molecule has 1 aromatic rings. The van der Waals surface area contributed by atoms with Crippen LogP contribution in [0.5, 0.6) is 5.75 Å². The van der Waals surface area contributed by atoms with Gasteiger partial charge in [0.1, 0.15) is 11.8 Å². The molecule has 0 saturated heterocycles. The third-order valence-corrected chi connectivity index (χ3v) is 3.02. The molecule has 21 heavy (non-hydrogen) atoms. The van der Waals surface area contributed by atoms with Crippen LogP contribution in [-0.4, -0.2) is 29.6 Å². The minimum atomic E-state index is -1.03. The highest BCUT2D eigenvalue weighted by atomic mass is 16.5. The Morgan fingerprint density at radius 3 is 2.24 bits per heavy atom. The van der Waals surface area contributed by atoms with Crippen molar-refractivity contribution in [1.82, 2.24) is 5.32 Å². The average Bonchev–Trinajstić information content (AvgIpc) is 2.37. The third-order valence-electron chi connectivity index (χ3n) is 3.02. The van der Waals surface area contributed by atoms with Crippen LogP contribution >= 0.6 is 0 Å². The van der Waals surface area contributed by atoms with Crippen LogP contribution in [0.1, 0.15) is 33.3 Å². The van der Waals surface area contributed by atoms with Gasteiger partial charge in [0.2, 0.25) is 5.91 Å². The van der Waals surface area contributed by atoms with Gasteiger partial charge in [0, 0.05) is 0 Å². The van der Waals surface area contributed by atoms with E-state index in [0.717, 1.165) is 11.3 Å². The van der Waals surface area contributed by atoms with Crippen LogP contribution in [-0.2, 0) is 16.0 Å². The molecule has 116 valence electrons. The standard InChI is InChI=1S/C16H23NO4/c1-5-21-12-8-6-11(7-9-12)10-13(18)17-14(15(19)20)16(2,3)4/h6-9,14H,5,10H2,1-4H3,(H,17,18)(H,19,20)/t14-/m0/s1. The summed E-state index contributed by atoms with van der Waals surface area (Å²) < 4.78 is 5.33. The number of benzene rings is 1. The zero-order chi connectivity index (χ0) is 16.0. The number of nitrogens with one attached hydrogen (secondary N) is 1. The summed E-state index contributed by atoms with van der Waals surface area (Å²) in [6.45, 7) is 7.83. The second-order valence-electron chi connectivity index (χ2n) is 5.96. The van der Waals surface area contributed by atoms with Crippen LogP contribution in [0.2, 0.25) is 0 Å². The van der Waals surface area contributed by atoms with E-state index < -0.39 is 17.4 Å². The molecule has 1 aromatic carbocycles. The summed E-state index contributed by atoms with van der Waals surface area (Å²) in [5.41, 5.74) is 0.273. The Balaban J connectivity index is 2.66. The van der Waals surface area contributed by atoms with Gasteiger partial charge in [-0.3, -0.25) is 4.79 Å². The smallest absolute Gasteiger partial charge is 0.326 e. The fourth-order valence-electron chi connectivity index (χ4n) is 1.92. The first kappa shape index (κ1) is 17.0. The van der Waals surface area contributed by atoms with Gasteiger partial charge < -0.3 is 15.2 Å². The number of rotatable bonds is 6. The number of carbonyl (C=O) groups excluding carboxylic acids is 1. The first-order valence-electron chi connectivity index (χ1n) is 6.98. The second kappa shape index (κ2) is 7.11. The minimum absolute atomic E-state index is 0.145. The zero-order valence-electron chi connectivity index (χ0n) is 13.0. The monoisotopic (exact) mass is 293 g/mol. The number of hydrogen-bond acceptors (Lipinski definition) is 3. The lowest BCUT2D eigenvalue weighted by Crippen LogP contribution is -2.49. The third kappa shape index (κ3) is 5.45. The summed E-state index contributed by atoms with van der Waals surface area (Å²) in [6.07, 6.45) is 0.145. The number of amides is 1. The quantitative estimate of drug-likeness (QED) is 0.843. The molecule has 0 bridgehead atoms. The van der Waals surface area contributed by atoms with Gasteiger partial charge in [-0.05, 0) is 30.0 Å². The maximum atomic E-state index is 12.0. The normalized spacial score (nSPS) is 12.6. The highest BCUT2D eigenvalue weighted by Crippen LogP contribution is 2.19. The summed E-state index contributed by atoms with van der Waals surface area (Å²) >= 11 is 0. The number of ether oxygens (including phenoxy) is 1. The molecule has 0 spiro atoms. The molecular formula is C16H23NO4. The molecule has 0 saturated carbocycles. The molecule has 1 atom stereocenters. The predicted molar refractivity (Wildman–Crippen MR) is 80.3 cm³/mol. The SMILES string of the molecule is CCOc1ccc(CC(=O)N[C@@H](C(=O)O)C(C)(C)C)cc1. The summed E-state index contributed by atoms with van der Waals surface area (Å²) in [4.78, 5) is 23.2. The summed E-state index contributed by atoms with van der Waals surface area (Å²) in [6, 6.07) is 6.29. The number of carbonyl (C=O) groups is 2. The Labute approximate surface area is 125 Å². The van der Waals surface area contributed by atoms with Crippen molar-refractivity contribution in [2.24, 2.45) is 5.41 Å². The van der Waals surface area contributed by atoms with Gasteiger partial charge in [-0.25, -0.2) is 4.79 Å². The largest absolute Gasteiger partial charge is 0.494 e. The lowest BCUT2D eigenvalue weighted by atomic mass is 9.86. The van der Waals surface area contributed by atoms with Crippen LogP contribution in [0.15, 0.2) is 24.3 Å². The van der Waals surface area contributed by atoms with Crippen LogP contribution < -0.4 is 10.1 Å². The summed E-state index contributed by atoms with van der Waals surface area (Å²) in [5, 5.41) is 11.8. The highest BCUT2D eigenvalue weighted by Gasteiger charge is 2.32. The fraction of sp³-hybridized carbons (Fsp3) is 0.500. The van der Waals surface area contributed by atoms with Gasteiger partial charge in [-0.15, -0.1) is 0 Å². The van der Waals surface area contributed by atoms with E-state index in [2.05, 4.69) is 5.32 Å². The molecule has 0 unspecified atom stereocenters. The van der Waals surface area contributed by atoms with E-state index in [4.69, 9.17) is 4.74 Å². The number of hydrogen-bond donors (Lipinski definition) is 2. The lowest BCUT2D eigenvalue weighted by Gasteiger charge is -2.27. The van der Waals surface area contributed by atoms with E-state index in [1.165, 1.54) is 0 Å². The fourth-order valence-corrected chi connectivity index (χ4v) is 1.92. The molecule has 0 radical (unpaired) electrons. The van der Waals surface area contributed by atoms with E-state index in [1.807, 2.05) is 6.92 Å². The van der Waals surface area contributed by atoms with Crippen LogP contribution in [0, 0.1) is 5.41 Å². The predicted octanol–water partition coefficient (Wildman–Crippen LogP) is 2.24. The molecule has 0 aliphatic carbocycles. The molecule has 0 aromatic heterocycles. The van der Waals surface area contributed by atoms with Crippen LogP contribution in [0.3, 0.4) is 0 Å². The summed E-state index contributed by atoms with van der Waals surface area (Å²) in [5.74, 6) is -0.580. The highest BCUT2D eigenvalue weighted by molar-refractivity contribution is 5.85. The molecule has 1 amide bonds. The first-order chi connectivity index (χ1) is 9.74. The van der Waals surface area contributed by atoms with E-state index in [0.29, 0.717) is 6.61 Å². The number of carboxylic acids is 1. The molecule has 0 aliphatic rings. The van der Waals surface area contributed by atoms with E-state index in [9.17, 15) is 14.7 Å². The minimum Gasteiger partial charge on any atom is -0.494 e. The maximum absolute atomic E-state index is 12.0. The van der Waals surface area contributed by atoms with Crippen molar-refractivity contribution in [3.05, 3.63) is 29.8 Å². The molecule has 0 heterocycles. The van der Waals surface area contributed by atoms with Gasteiger partial charge in [0.05, 0.1) is 13.0 Å². The molecule has 1 rings (SSSR count). The van der Waals surface area contributed by atoms with Crippen molar-refractivity contribution >= 4 is 11.9 Å². The topological polar surface area (TPSA) is 75.6 Å². The molecule has 2 N–H and O–H groups in total. The first-order valence-corrected chi connectivity index (χ1v) is 6.98. The Bertz CT molecular complexity index is 488. The number of aliphatic carboxylic acids is 1. The van der Waals surface area contributed by atoms with Gasteiger partial charge in [0.25, 0.3) is 0 Å². The Kier molecular flexibility index (Phi) is 5.76.